The molecular formula is C72H98N18O20S2. The van der Waals surface area contributed by atoms with E-state index in [4.69, 9.17) is 27.7 Å². The molecule has 0 fully saturated rings. The van der Waals surface area contributed by atoms with Crippen molar-refractivity contribution in [3.8, 4) is 5.75 Å². The van der Waals surface area contributed by atoms with Gasteiger partial charge in [0.05, 0.1) is 26.2 Å². The van der Waals surface area contributed by atoms with E-state index >= 15 is 9.59 Å². The summed E-state index contributed by atoms with van der Waals surface area (Å²) < 4.78 is 5.34. The van der Waals surface area contributed by atoms with Gasteiger partial charge in [-0.15, -0.1) is 0 Å². The number of rotatable bonds is 48. The minimum atomic E-state index is -1.91. The monoisotopic (exact) mass is 1600 g/mol. The van der Waals surface area contributed by atoms with E-state index in [9.17, 15) is 82.1 Å². The molecule has 0 saturated heterocycles. The van der Waals surface area contributed by atoms with Gasteiger partial charge in [-0.05, 0) is 85.9 Å². The van der Waals surface area contributed by atoms with Crippen LogP contribution in [-0.2, 0) is 101 Å². The number of aromatic amines is 2. The number of aliphatic hydroxyl groups excluding tert-OH is 1. The molecule has 608 valence electrons. The predicted octanol–water partition coefficient (Wildman–Crippen LogP) is -4.41. The number of aromatic nitrogens is 2. The lowest BCUT2D eigenvalue weighted by molar-refractivity contribution is -0.139. The van der Waals surface area contributed by atoms with Gasteiger partial charge in [-0.3, -0.25) is 81.5 Å². The number of thiol groups is 2. The molecule has 0 spiro atoms. The summed E-state index contributed by atoms with van der Waals surface area (Å²) in [7, 11) is 1.41. The second-order valence-electron chi connectivity index (χ2n) is 26.8. The Morgan fingerprint density at radius 2 is 0.795 bits per heavy atom. The van der Waals surface area contributed by atoms with Crippen molar-refractivity contribution < 1.29 is 96.5 Å². The summed E-state index contributed by atoms with van der Waals surface area (Å²) in [4.78, 5) is 236. The van der Waals surface area contributed by atoms with Gasteiger partial charge in [-0.25, -0.2) is 0 Å². The molecule has 24 N–H and O–H groups in total. The van der Waals surface area contributed by atoms with Crippen molar-refractivity contribution >= 4 is 148 Å². The number of benzene rings is 3. The minimum absolute atomic E-state index is 0.124. The van der Waals surface area contributed by atoms with E-state index in [1.165, 1.54) is 13.3 Å². The van der Waals surface area contributed by atoms with E-state index in [2.05, 4.69) is 99.0 Å². The number of hydrogen-bond acceptors (Lipinski definition) is 21. The summed E-state index contributed by atoms with van der Waals surface area (Å²) in [5.74, 6) is -18.2. The van der Waals surface area contributed by atoms with Crippen molar-refractivity contribution in [2.24, 2.45) is 28.9 Å². The zero-order valence-corrected chi connectivity index (χ0v) is 63.9. The molecule has 112 heavy (non-hydrogen) atoms. The van der Waals surface area contributed by atoms with Crippen LogP contribution in [0.25, 0.3) is 21.8 Å². The van der Waals surface area contributed by atoms with Gasteiger partial charge in [0.25, 0.3) is 0 Å². The van der Waals surface area contributed by atoms with Crippen molar-refractivity contribution in [1.82, 2.24) is 73.8 Å². The Hall–Kier alpha value is -11.8. The highest BCUT2D eigenvalue weighted by molar-refractivity contribution is 7.80. The van der Waals surface area contributed by atoms with E-state index in [1.807, 2.05) is 13.8 Å². The van der Waals surface area contributed by atoms with E-state index in [1.54, 1.807) is 79.0 Å². The van der Waals surface area contributed by atoms with Crippen LogP contribution in [0.3, 0.4) is 0 Å². The van der Waals surface area contributed by atoms with Crippen molar-refractivity contribution in [1.29, 1.82) is 0 Å². The highest BCUT2D eigenvalue weighted by Crippen LogP contribution is 2.23. The standard InChI is InChI=1S/C72H98N18O20S2/c1-35(2)14-19-46(63(100)81-49(22-25-60(97)98)64(101)87-53(29-58(75)95)62(99)79-32-59(76)96)82-68(105)51(27-39-30-77-44-12-8-6-10-42(39)44)86-67(104)50(26-38-15-17-41(110-5)18-16-38)85-71(108)55(34-112)89-65(102)47(20-23-56(73)93)83-69(106)52(28-40-31-78-45-13-9-7-11-43(40)45)88-72(109)61(36(3)91)90-66(103)48(21-24-57(74)94)84-70(107)54(33-111)80-37(4)92/h6-13,15-18,30-31,35-36,46-55,61,77-78,91,111-112H,14,19-29,32-34H2,1-5H3,(H2,73,93)(H2,74,94)(H2,75,95)(H2,76,96)(H,79,99)(H,80,92)(H,81,100)(H,82,105)(H,83,106)(H,84,107)(H,85,108)(H,86,104)(H,87,101)(H,88,109)(H,89,102)(H,90,103)(H,97,98)/t36-,46+,47+,48+,49+,50+,51+,52+,53+,54+,55+,61+/m1/s1. The van der Waals surface area contributed by atoms with Gasteiger partial charge in [0, 0.05) is 91.2 Å². The number of aliphatic carboxylic acids is 1. The van der Waals surface area contributed by atoms with E-state index < -0.39 is 230 Å². The van der Waals surface area contributed by atoms with Crippen molar-refractivity contribution in [2.75, 3.05) is 25.2 Å². The summed E-state index contributed by atoms with van der Waals surface area (Å²) in [6.07, 6.45) is -3.61. The molecule has 38 nitrogen and oxygen atoms in total. The number of carboxylic acids is 1. The van der Waals surface area contributed by atoms with Gasteiger partial charge in [-0.2, -0.15) is 25.3 Å². The molecule has 0 radical (unpaired) electrons. The first kappa shape index (κ1) is 90.8. The number of H-pyrrole nitrogens is 2. The lowest BCUT2D eigenvalue weighted by atomic mass is 9.99. The number of primary amides is 4. The maximum absolute atomic E-state index is 15.2. The highest BCUT2D eigenvalue weighted by Gasteiger charge is 2.39. The number of aliphatic hydroxyl groups is 1. The molecular weight excluding hydrogens is 1500 g/mol. The first-order valence-corrected chi connectivity index (χ1v) is 36.8. The molecule has 2 heterocycles. The van der Waals surface area contributed by atoms with Crippen LogP contribution in [0, 0.1) is 5.92 Å². The molecule has 40 heteroatoms. The van der Waals surface area contributed by atoms with Crippen LogP contribution in [0.4, 0.5) is 0 Å². The Labute approximate surface area is 653 Å². The highest BCUT2D eigenvalue weighted by atomic mass is 32.1. The molecule has 0 aliphatic rings. The predicted molar refractivity (Wildman–Crippen MR) is 411 cm³/mol. The maximum atomic E-state index is 15.2. The number of methoxy groups -OCH3 is 1. The second kappa shape index (κ2) is 44.7. The van der Waals surface area contributed by atoms with Gasteiger partial charge in [0.2, 0.25) is 94.5 Å². The van der Waals surface area contributed by atoms with E-state index in [-0.39, 0.29) is 43.8 Å². The average Bonchev–Trinajstić information content (AvgIpc) is 1.68. The first-order valence-electron chi connectivity index (χ1n) is 35.6. The van der Waals surface area contributed by atoms with Crippen LogP contribution in [0.1, 0.15) is 102 Å². The fourth-order valence-electron chi connectivity index (χ4n) is 11.5. The third-order valence-electron chi connectivity index (χ3n) is 17.5. The van der Waals surface area contributed by atoms with Crippen molar-refractivity contribution in [2.45, 2.75) is 177 Å². The topological polar surface area (TPSA) is 620 Å². The van der Waals surface area contributed by atoms with Gasteiger partial charge in [0.1, 0.15) is 72.2 Å². The normalized spacial score (nSPS) is 14.3. The summed E-state index contributed by atoms with van der Waals surface area (Å²) >= 11 is 8.47. The molecule has 0 aliphatic carbocycles. The number of fused-ring (bicyclic) bond motifs is 2. The smallest absolute Gasteiger partial charge is 0.303 e. The van der Waals surface area contributed by atoms with Crippen LogP contribution in [0.5, 0.6) is 5.75 Å². The summed E-state index contributed by atoms with van der Waals surface area (Å²) in [6, 6.07) is 1.75. The van der Waals surface area contributed by atoms with E-state index in [0.717, 1.165) is 13.8 Å². The maximum Gasteiger partial charge on any atom is 0.303 e. The Kier molecular flexibility index (Phi) is 36.3. The number of carbonyl (C=O) groups excluding carboxylic acids is 16. The molecule has 12 atom stereocenters. The number of hydrogen-bond donors (Lipinski definition) is 22. The molecule has 0 aliphatic heterocycles. The number of carbonyl (C=O) groups is 17. The fraction of sp³-hybridized carbons (Fsp3) is 0.458. The van der Waals surface area contributed by atoms with Gasteiger partial charge in [0.15, 0.2) is 0 Å². The van der Waals surface area contributed by atoms with Crippen LogP contribution in [-0.4, -0.2) is 218 Å². The lowest BCUT2D eigenvalue weighted by Gasteiger charge is -2.29. The molecule has 0 saturated carbocycles. The number of nitrogens with one attached hydrogen (secondary N) is 14. The molecule has 3 aromatic carbocycles. The SMILES string of the molecule is COc1ccc(C[C@H](NC(=O)[C@H](CS)NC(=O)[C@H](CCC(N)=O)NC(=O)[C@H](Cc2c[nH]c3ccccc23)NC(=O)[C@@H](NC(=O)[C@H](CCC(N)=O)NC(=O)[C@H](CS)NC(C)=O)[C@@H](C)O)C(=O)N[C@@H](Cc2c[nH]c3ccccc23)C(=O)N[C@@H](CCC(C)C)C(=O)N[C@@H](CCC(=O)O)C(=O)N[C@@H](CC(N)=O)C(=O)NCC(N)=O)cc1. The van der Waals surface area contributed by atoms with E-state index in [0.29, 0.717) is 44.2 Å². The third kappa shape index (κ3) is 29.5. The van der Waals surface area contributed by atoms with Crippen LogP contribution in [0.15, 0.2) is 85.2 Å². The lowest BCUT2D eigenvalue weighted by Crippen LogP contribution is -2.62. The Bertz CT molecular complexity index is 4210. The van der Waals surface area contributed by atoms with Crippen molar-refractivity contribution in [3.63, 3.8) is 0 Å². The number of amides is 16. The number of nitrogens with two attached hydrogens (primary N) is 4. The molecule has 16 amide bonds. The van der Waals surface area contributed by atoms with Gasteiger partial charge >= 0.3 is 5.97 Å². The van der Waals surface area contributed by atoms with Crippen molar-refractivity contribution in [3.05, 3.63) is 102 Å². The number of para-hydroxylation sites is 2. The number of carboxylic acid groups (broad SMARTS) is 1. The summed E-state index contributed by atoms with van der Waals surface area (Å²) in [6.45, 7) is 5.15. The Balaban J connectivity index is 1.49. The molecule has 0 unspecified atom stereocenters. The zero-order valence-electron chi connectivity index (χ0n) is 62.1. The number of ether oxygens (including phenoxy) is 1. The van der Waals surface area contributed by atoms with Crippen LogP contribution in [0.2, 0.25) is 0 Å². The molecule has 0 bridgehead atoms. The van der Waals surface area contributed by atoms with Gasteiger partial charge < -0.3 is 112 Å². The molecule has 5 aromatic rings. The Morgan fingerprint density at radius 1 is 0.420 bits per heavy atom. The zero-order chi connectivity index (χ0) is 83.1. The first-order chi connectivity index (χ1) is 53.0. The van der Waals surface area contributed by atoms with Crippen LogP contribution < -0.4 is 91.5 Å². The minimum Gasteiger partial charge on any atom is -0.497 e. The summed E-state index contributed by atoms with van der Waals surface area (Å²) in [5.41, 5.74) is 24.0. The fourth-order valence-corrected chi connectivity index (χ4v) is 12.0. The Morgan fingerprint density at radius 3 is 1.20 bits per heavy atom. The largest absolute Gasteiger partial charge is 0.497 e. The third-order valence-corrected chi connectivity index (χ3v) is 18.2. The molecule has 2 aromatic heterocycles. The average molecular weight is 1600 g/mol. The van der Waals surface area contributed by atoms with Gasteiger partial charge in [-0.1, -0.05) is 62.4 Å². The second-order valence-corrected chi connectivity index (χ2v) is 27.6. The van der Waals surface area contributed by atoms with Crippen LogP contribution >= 0.6 is 25.3 Å². The summed E-state index contributed by atoms with van der Waals surface area (Å²) in [5, 5.41) is 51.4. The quantitative estimate of drug-likeness (QED) is 0.0164. The molecule has 5 rings (SSSR count).